The second-order valence-electron chi connectivity index (χ2n) is 7.17. The van der Waals surface area contributed by atoms with Crippen LogP contribution in [0.2, 0.25) is 0 Å². The Morgan fingerprint density at radius 2 is 1.42 bits per heavy atom. The van der Waals surface area contributed by atoms with Crippen LogP contribution < -0.4 is 14.8 Å². The number of hydrogen-bond donors (Lipinski definition) is 1. The minimum absolute atomic E-state index is 0.0188. The molecule has 0 saturated carbocycles. The molecule has 4 rings (SSSR count). The Kier molecular flexibility index (Phi) is 6.98. The van der Waals surface area contributed by atoms with Crippen molar-refractivity contribution in [2.75, 3.05) is 13.2 Å². The average molecular weight is 544 g/mol. The van der Waals surface area contributed by atoms with Gasteiger partial charge in [-0.05, 0) is 61.4 Å². The fourth-order valence-corrected chi connectivity index (χ4v) is 4.25. The van der Waals surface area contributed by atoms with Crippen molar-refractivity contribution < 1.29 is 9.47 Å². The zero-order valence-corrected chi connectivity index (χ0v) is 20.6. The first-order chi connectivity index (χ1) is 15.1. The molecule has 0 aliphatic carbocycles. The average Bonchev–Trinajstić information content (AvgIpc) is 3.21. The SMILES string of the molecule is CCOc1ccc(C2=NC(c3ccc(Br)cc3)C(c3ccc(Br)cc3)N2)c(OCC)c1. The molecular formula is C25H24Br2N2O2. The van der Waals surface area contributed by atoms with Crippen LogP contribution in [-0.2, 0) is 0 Å². The molecule has 1 aliphatic rings. The van der Waals surface area contributed by atoms with Gasteiger partial charge >= 0.3 is 0 Å². The van der Waals surface area contributed by atoms with E-state index in [4.69, 9.17) is 14.5 Å². The zero-order chi connectivity index (χ0) is 21.8. The summed E-state index contributed by atoms with van der Waals surface area (Å²) in [6.07, 6.45) is 0. The van der Waals surface area contributed by atoms with E-state index >= 15 is 0 Å². The summed E-state index contributed by atoms with van der Waals surface area (Å²) in [5, 5.41) is 3.66. The minimum atomic E-state index is -0.0506. The Labute approximate surface area is 200 Å². The van der Waals surface area contributed by atoms with Crippen molar-refractivity contribution in [1.29, 1.82) is 0 Å². The topological polar surface area (TPSA) is 42.8 Å². The van der Waals surface area contributed by atoms with E-state index < -0.39 is 0 Å². The molecule has 2 atom stereocenters. The van der Waals surface area contributed by atoms with Gasteiger partial charge in [-0.2, -0.15) is 0 Å². The second-order valence-corrected chi connectivity index (χ2v) is 9.00. The highest BCUT2D eigenvalue weighted by atomic mass is 79.9. The van der Waals surface area contributed by atoms with E-state index in [1.807, 2.05) is 32.0 Å². The Hall–Kier alpha value is -2.31. The highest BCUT2D eigenvalue weighted by molar-refractivity contribution is 9.10. The zero-order valence-electron chi connectivity index (χ0n) is 17.4. The van der Waals surface area contributed by atoms with Crippen molar-refractivity contribution in [3.8, 4) is 11.5 Å². The Bertz CT molecular complexity index is 1070. The van der Waals surface area contributed by atoms with Gasteiger partial charge in [0.15, 0.2) is 0 Å². The lowest BCUT2D eigenvalue weighted by molar-refractivity contribution is 0.322. The van der Waals surface area contributed by atoms with Crippen molar-refractivity contribution in [2.24, 2.45) is 4.99 Å². The molecule has 0 radical (unpaired) electrons. The maximum Gasteiger partial charge on any atom is 0.133 e. The number of hydrogen-bond acceptors (Lipinski definition) is 4. The van der Waals surface area contributed by atoms with E-state index in [1.54, 1.807) is 0 Å². The van der Waals surface area contributed by atoms with Crippen molar-refractivity contribution in [2.45, 2.75) is 25.9 Å². The van der Waals surface area contributed by atoms with E-state index in [2.05, 4.69) is 85.7 Å². The summed E-state index contributed by atoms with van der Waals surface area (Å²) in [4.78, 5) is 5.11. The van der Waals surface area contributed by atoms with Gasteiger partial charge in [0, 0.05) is 15.0 Å². The van der Waals surface area contributed by atoms with Crippen LogP contribution in [0.4, 0.5) is 0 Å². The maximum atomic E-state index is 5.94. The number of rotatable bonds is 7. The lowest BCUT2D eigenvalue weighted by atomic mass is 9.95. The van der Waals surface area contributed by atoms with Crippen molar-refractivity contribution >= 4 is 37.7 Å². The number of benzene rings is 3. The van der Waals surface area contributed by atoms with E-state index in [-0.39, 0.29) is 12.1 Å². The van der Waals surface area contributed by atoms with Gasteiger partial charge in [0.1, 0.15) is 23.4 Å². The van der Waals surface area contributed by atoms with Gasteiger partial charge in [-0.3, -0.25) is 4.99 Å². The number of nitrogens with one attached hydrogen (secondary N) is 1. The number of ether oxygens (including phenoxy) is 2. The van der Waals surface area contributed by atoms with Crippen LogP contribution in [0.1, 0.15) is 42.6 Å². The first-order valence-electron chi connectivity index (χ1n) is 10.3. The molecule has 31 heavy (non-hydrogen) atoms. The predicted octanol–water partition coefficient (Wildman–Crippen LogP) is 6.84. The molecule has 6 heteroatoms. The Balaban J connectivity index is 1.75. The van der Waals surface area contributed by atoms with Gasteiger partial charge in [0.25, 0.3) is 0 Å². The Morgan fingerprint density at radius 1 is 0.806 bits per heavy atom. The first-order valence-corrected chi connectivity index (χ1v) is 11.9. The number of nitrogens with zero attached hydrogens (tertiary/aromatic N) is 1. The standard InChI is InChI=1S/C25H24Br2N2O2/c1-3-30-20-13-14-21(22(15-20)31-4-2)25-28-23(16-5-9-18(26)10-6-16)24(29-25)17-7-11-19(27)12-8-17/h5-15,23-24H,3-4H2,1-2H3,(H,28,29). The summed E-state index contributed by atoms with van der Waals surface area (Å²) in [5.41, 5.74) is 3.27. The van der Waals surface area contributed by atoms with Gasteiger partial charge in [0.2, 0.25) is 0 Å². The summed E-state index contributed by atoms with van der Waals surface area (Å²) in [6.45, 7) is 5.14. The van der Waals surface area contributed by atoms with E-state index in [9.17, 15) is 0 Å². The quantitative estimate of drug-likeness (QED) is 0.354. The molecule has 1 N–H and O–H groups in total. The molecular weight excluding hydrogens is 520 g/mol. The molecule has 2 unspecified atom stereocenters. The molecule has 0 aromatic heterocycles. The van der Waals surface area contributed by atoms with Crippen molar-refractivity contribution in [3.05, 3.63) is 92.4 Å². The fourth-order valence-electron chi connectivity index (χ4n) is 3.72. The van der Waals surface area contributed by atoms with Crippen LogP contribution in [-0.4, -0.2) is 19.0 Å². The monoisotopic (exact) mass is 542 g/mol. The van der Waals surface area contributed by atoms with Gasteiger partial charge in [0.05, 0.1) is 24.8 Å². The van der Waals surface area contributed by atoms with Crippen molar-refractivity contribution in [1.82, 2.24) is 5.32 Å². The van der Waals surface area contributed by atoms with Crippen LogP contribution >= 0.6 is 31.9 Å². The lowest BCUT2D eigenvalue weighted by Gasteiger charge is -2.20. The summed E-state index contributed by atoms with van der Waals surface area (Å²) in [5.74, 6) is 2.39. The van der Waals surface area contributed by atoms with E-state index in [0.717, 1.165) is 37.4 Å². The Morgan fingerprint density at radius 3 is 2.03 bits per heavy atom. The van der Waals surface area contributed by atoms with Crippen molar-refractivity contribution in [3.63, 3.8) is 0 Å². The van der Waals surface area contributed by atoms with Gasteiger partial charge < -0.3 is 14.8 Å². The lowest BCUT2D eigenvalue weighted by Crippen LogP contribution is -2.25. The van der Waals surface area contributed by atoms with Gasteiger partial charge in [-0.15, -0.1) is 0 Å². The second kappa shape index (κ2) is 9.88. The third-order valence-corrected chi connectivity index (χ3v) is 6.19. The summed E-state index contributed by atoms with van der Waals surface area (Å²) >= 11 is 7.07. The fraction of sp³-hybridized carbons (Fsp3) is 0.240. The largest absolute Gasteiger partial charge is 0.494 e. The summed E-state index contributed by atoms with van der Waals surface area (Å²) in [6, 6.07) is 22.6. The van der Waals surface area contributed by atoms with Crippen LogP contribution in [0.3, 0.4) is 0 Å². The number of aliphatic imine (C=N–C) groups is 1. The molecule has 1 aliphatic heterocycles. The maximum absolute atomic E-state index is 5.94. The summed E-state index contributed by atoms with van der Waals surface area (Å²) < 4.78 is 13.7. The molecule has 0 spiro atoms. The molecule has 0 fully saturated rings. The smallest absolute Gasteiger partial charge is 0.133 e. The third kappa shape index (κ3) is 4.96. The number of amidine groups is 1. The first kappa shape index (κ1) is 21.9. The van der Waals surface area contributed by atoms with E-state index in [0.29, 0.717) is 13.2 Å². The van der Waals surface area contributed by atoms with Gasteiger partial charge in [-0.1, -0.05) is 56.1 Å². The van der Waals surface area contributed by atoms with E-state index in [1.165, 1.54) is 5.56 Å². The van der Waals surface area contributed by atoms with Crippen LogP contribution in [0.15, 0.2) is 80.7 Å². The molecule has 1 heterocycles. The number of halogens is 2. The predicted molar refractivity (Wildman–Crippen MR) is 132 cm³/mol. The molecule has 3 aromatic rings. The molecule has 3 aromatic carbocycles. The molecule has 160 valence electrons. The van der Waals surface area contributed by atoms with Crippen LogP contribution in [0.5, 0.6) is 11.5 Å². The van der Waals surface area contributed by atoms with Gasteiger partial charge in [-0.25, -0.2) is 0 Å². The molecule has 0 bridgehead atoms. The minimum Gasteiger partial charge on any atom is -0.494 e. The highest BCUT2D eigenvalue weighted by Crippen LogP contribution is 2.39. The molecule has 0 saturated heterocycles. The van der Waals surface area contributed by atoms with Crippen LogP contribution in [0, 0.1) is 0 Å². The van der Waals surface area contributed by atoms with Crippen LogP contribution in [0.25, 0.3) is 0 Å². The molecule has 4 nitrogen and oxygen atoms in total. The summed E-state index contributed by atoms with van der Waals surface area (Å²) in [7, 11) is 0. The normalized spacial score (nSPS) is 17.7. The third-order valence-electron chi connectivity index (χ3n) is 5.14. The highest BCUT2D eigenvalue weighted by Gasteiger charge is 2.33. The molecule has 0 amide bonds.